The normalized spacial score (nSPS) is 15.3. The number of halogens is 2. The molecule has 4 aromatic carbocycles. The molecule has 2 fully saturated rings. The number of aliphatic hydroxyl groups is 1. The lowest BCUT2D eigenvalue weighted by Gasteiger charge is -2.28. The van der Waals surface area contributed by atoms with Gasteiger partial charge in [0.2, 0.25) is 11.9 Å². The average molecular weight is 1150 g/mol. The molecule has 0 saturated carbocycles. The molecule has 0 aliphatic carbocycles. The van der Waals surface area contributed by atoms with Gasteiger partial charge >= 0.3 is 19.9 Å². The fourth-order valence-electron chi connectivity index (χ4n) is 9.09. The number of hydrogen-bond acceptors (Lipinski definition) is 15. The number of aromatic nitrogens is 8. The van der Waals surface area contributed by atoms with Crippen molar-refractivity contribution in [2.75, 3.05) is 36.9 Å². The molecule has 2 atom stereocenters. The van der Waals surface area contributed by atoms with Gasteiger partial charge in [-0.2, -0.15) is 0 Å². The number of amides is 4. The van der Waals surface area contributed by atoms with Crippen LogP contribution in [0.1, 0.15) is 128 Å². The molecule has 10 rings (SSSR count). The van der Waals surface area contributed by atoms with Crippen LogP contribution < -0.4 is 21.3 Å². The molecule has 436 valence electrons. The number of ether oxygens (including phenoxy) is 2. The van der Waals surface area contributed by atoms with Gasteiger partial charge in [-0.3, -0.25) is 24.2 Å². The third kappa shape index (κ3) is 14.7. The molecule has 8 aromatic rings. The van der Waals surface area contributed by atoms with E-state index in [0.29, 0.717) is 83.5 Å². The molecule has 2 aliphatic heterocycles. The summed E-state index contributed by atoms with van der Waals surface area (Å²) in [5, 5.41) is 20.6. The molecule has 2 aliphatic rings. The van der Waals surface area contributed by atoms with E-state index in [1.165, 1.54) is 24.8 Å². The average Bonchev–Trinajstić information content (AvgIpc) is 4.35. The predicted octanol–water partition coefficient (Wildman–Crippen LogP) is 12.6. The van der Waals surface area contributed by atoms with Gasteiger partial charge in [0.1, 0.15) is 22.8 Å². The van der Waals surface area contributed by atoms with Crippen molar-refractivity contribution in [2.24, 2.45) is 0 Å². The number of carbonyl (C=O) groups excluding carboxylic acids is 2. The van der Waals surface area contributed by atoms with Gasteiger partial charge in [-0.15, -0.1) is 0 Å². The molecular weight excluding hydrogens is 1080 g/mol. The summed E-state index contributed by atoms with van der Waals surface area (Å²) in [5.74, 6) is -0.169. The quantitative estimate of drug-likeness (QED) is 0.0394. The van der Waals surface area contributed by atoms with Crippen LogP contribution in [0.3, 0.4) is 0 Å². The molecule has 0 spiro atoms. The van der Waals surface area contributed by atoms with Crippen LogP contribution >= 0.6 is 7.82 Å². The first-order valence-electron chi connectivity index (χ1n) is 26.2. The fourth-order valence-corrected chi connectivity index (χ4v) is 10.5. The van der Waals surface area contributed by atoms with Crippen molar-refractivity contribution < 1.29 is 51.1 Å². The van der Waals surface area contributed by atoms with Crippen LogP contribution in [-0.4, -0.2) is 83.3 Å². The Morgan fingerprint density at radius 3 is 1.44 bits per heavy atom. The maximum absolute atomic E-state index is 16.4. The van der Waals surface area contributed by atoms with E-state index in [9.17, 15) is 19.3 Å². The van der Waals surface area contributed by atoms with Crippen molar-refractivity contribution in [1.29, 1.82) is 0 Å². The second-order valence-electron chi connectivity index (χ2n) is 20.0. The van der Waals surface area contributed by atoms with Crippen LogP contribution in [-0.2, 0) is 52.0 Å². The zero-order valence-electron chi connectivity index (χ0n) is 45.1. The van der Waals surface area contributed by atoms with E-state index in [2.05, 4.69) is 61.1 Å². The van der Waals surface area contributed by atoms with E-state index >= 15 is 8.78 Å². The van der Waals surface area contributed by atoms with E-state index in [-0.39, 0.29) is 62.7 Å². The molecule has 21 nitrogen and oxygen atoms in total. The Bertz CT molecular complexity index is 3430. The van der Waals surface area contributed by atoms with E-state index in [1.807, 2.05) is 60.7 Å². The highest BCUT2D eigenvalue weighted by Crippen LogP contribution is 2.56. The summed E-state index contributed by atoms with van der Waals surface area (Å²) in [5.41, 5.74) is 2.88. The number of hydrogen-bond donors (Lipinski definition) is 7. The first-order valence-corrected chi connectivity index (χ1v) is 27.7. The van der Waals surface area contributed by atoms with Crippen LogP contribution in [0, 0.1) is 11.6 Å². The molecule has 24 heteroatoms. The molecule has 82 heavy (non-hydrogen) atoms. The highest BCUT2D eigenvalue weighted by molar-refractivity contribution is 7.48. The molecule has 7 N–H and O–H groups in total. The van der Waals surface area contributed by atoms with E-state index < -0.39 is 54.9 Å². The largest absolute Gasteiger partial charge is 0.476 e. The minimum atomic E-state index is -4.17. The van der Waals surface area contributed by atoms with Gasteiger partial charge in [0.05, 0.1) is 47.5 Å². The number of nitrogens with one attached hydrogen (secondary N) is 6. The van der Waals surface area contributed by atoms with Crippen LogP contribution in [0.5, 0.6) is 0 Å². The standard InChI is InChI=1S/C35H38FN6O6P.C21H25FN6O3.2CH4/c1-4-37-34(43)42-33-40-27-18-26(30(36)29(31(27)41-33)28-16-11-17-45-28)25-19-38-32(39-20-25)35(2,3)48-49(44,46-21-23-12-7-5-8-13-23)47-22-24-14-9-6-10-15-24;1-4-23-20(29)28-19-26-13-8-12(11-9-24-18(25-10-11)21(2,3)30)16(22)15(17(13)27-19)14-6-5-7-31-14;;/h5-10,12-15,18-20,28H,4,11,16-17,21-22H2,1-3H3,(H3,37,40,41,42,43);8-10,14,30H,4-7H2,1-3H3,(H3,23,26,27,28,29);2*1H4/t28-;14-;;/m11../s1. The number of H-pyrrole nitrogens is 2. The molecule has 6 heterocycles. The van der Waals surface area contributed by atoms with Crippen LogP contribution in [0.25, 0.3) is 44.3 Å². The van der Waals surface area contributed by atoms with Crippen molar-refractivity contribution in [3.63, 3.8) is 0 Å². The number of anilines is 2. The summed E-state index contributed by atoms with van der Waals surface area (Å²) in [4.78, 5) is 56.4. The van der Waals surface area contributed by atoms with E-state index in [0.717, 1.165) is 24.0 Å². The topological polar surface area (TPSA) is 275 Å². The van der Waals surface area contributed by atoms with Crippen molar-refractivity contribution >= 4 is 53.8 Å². The van der Waals surface area contributed by atoms with Gasteiger partial charge in [0.15, 0.2) is 11.6 Å². The summed E-state index contributed by atoms with van der Waals surface area (Å²) in [6.45, 7) is 12.0. The van der Waals surface area contributed by atoms with Crippen molar-refractivity contribution in [3.05, 3.63) is 143 Å². The number of benzene rings is 4. The van der Waals surface area contributed by atoms with Crippen molar-refractivity contribution in [2.45, 2.75) is 119 Å². The molecule has 4 amide bonds. The number of fused-ring (bicyclic) bond motifs is 2. The molecule has 0 bridgehead atoms. The highest BCUT2D eigenvalue weighted by Gasteiger charge is 2.39. The van der Waals surface area contributed by atoms with Gasteiger partial charge in [0.25, 0.3) is 0 Å². The summed E-state index contributed by atoms with van der Waals surface area (Å²) < 4.78 is 75.4. The van der Waals surface area contributed by atoms with Crippen molar-refractivity contribution in [1.82, 2.24) is 50.5 Å². The number of imidazole rings is 2. The maximum Gasteiger partial charge on any atom is 0.476 e. The summed E-state index contributed by atoms with van der Waals surface area (Å²) in [6.07, 6.45) is 7.89. The molecule has 4 aromatic heterocycles. The molecule has 0 unspecified atom stereocenters. The lowest BCUT2D eigenvalue weighted by Crippen LogP contribution is -2.28. The minimum absolute atomic E-state index is 0. The Labute approximate surface area is 474 Å². The second kappa shape index (κ2) is 27.0. The second-order valence-corrected chi connectivity index (χ2v) is 21.5. The smallest absolute Gasteiger partial charge is 0.382 e. The molecule has 2 saturated heterocycles. The fraction of sp³-hybridized carbons (Fsp3) is 0.379. The first kappa shape index (κ1) is 62.0. The minimum Gasteiger partial charge on any atom is -0.382 e. The van der Waals surface area contributed by atoms with Crippen LogP contribution in [0.4, 0.5) is 30.3 Å². The van der Waals surface area contributed by atoms with E-state index in [4.69, 9.17) is 23.0 Å². The summed E-state index contributed by atoms with van der Waals surface area (Å²) in [6, 6.07) is 20.9. The lowest BCUT2D eigenvalue weighted by atomic mass is 9.98. The highest BCUT2D eigenvalue weighted by atomic mass is 31.2. The lowest BCUT2D eigenvalue weighted by molar-refractivity contribution is 0.0188. The Morgan fingerprint density at radius 2 is 1.07 bits per heavy atom. The third-order valence-electron chi connectivity index (χ3n) is 13.0. The number of phosphoric ester groups is 1. The number of urea groups is 2. The van der Waals surface area contributed by atoms with E-state index in [1.54, 1.807) is 53.7 Å². The number of phosphoric acid groups is 1. The Morgan fingerprint density at radius 1 is 0.671 bits per heavy atom. The van der Waals surface area contributed by atoms with Gasteiger partial charge < -0.3 is 35.2 Å². The monoisotopic (exact) mass is 1150 g/mol. The Hall–Kier alpha value is -7.63. The number of aromatic amines is 2. The molecular formula is C58H71F2N12O9P. The van der Waals surface area contributed by atoms with Gasteiger partial charge in [-0.25, -0.2) is 52.8 Å². The molecule has 0 radical (unpaired) electrons. The van der Waals surface area contributed by atoms with Crippen LogP contribution in [0.15, 0.2) is 97.6 Å². The predicted molar refractivity (Wildman–Crippen MR) is 308 cm³/mol. The summed E-state index contributed by atoms with van der Waals surface area (Å²) in [7, 11) is -4.17. The number of carbonyl (C=O) groups is 2. The zero-order chi connectivity index (χ0) is 56.6. The van der Waals surface area contributed by atoms with Crippen molar-refractivity contribution in [3.8, 4) is 22.3 Å². The Kier molecular flexibility index (Phi) is 20.4. The van der Waals surface area contributed by atoms with Gasteiger partial charge in [-0.05, 0) is 90.5 Å². The van der Waals surface area contributed by atoms with Gasteiger partial charge in [0, 0.05) is 84.5 Å². The third-order valence-corrected chi connectivity index (χ3v) is 14.5. The first-order chi connectivity index (χ1) is 38.4. The number of nitrogens with zero attached hydrogens (tertiary/aromatic N) is 6. The zero-order valence-corrected chi connectivity index (χ0v) is 46.0. The van der Waals surface area contributed by atoms with Crippen LogP contribution in [0.2, 0.25) is 0 Å². The Balaban J connectivity index is 0.000000253. The number of rotatable bonds is 18. The SMILES string of the molecule is C.C.CCNC(=O)Nc1nc2c([C@H]3CCCO3)c(F)c(-c3cnc(C(C)(C)O)nc3)cc2[nH]1.CCNC(=O)Nc1nc2c([C@H]3CCCO3)c(F)c(-c3cnc(C(C)(C)OP(=O)(OCc4ccccc4)OCc4ccccc4)nc3)cc2[nH]1. The summed E-state index contributed by atoms with van der Waals surface area (Å²) >= 11 is 0. The maximum atomic E-state index is 16.4. The van der Waals surface area contributed by atoms with Gasteiger partial charge in [-0.1, -0.05) is 75.5 Å².